The van der Waals surface area contributed by atoms with Crippen LogP contribution in [0.1, 0.15) is 32.4 Å². The van der Waals surface area contributed by atoms with Crippen LogP contribution in [0, 0.1) is 11.8 Å². The summed E-state index contributed by atoms with van der Waals surface area (Å²) in [6, 6.07) is 20.4. The van der Waals surface area contributed by atoms with E-state index in [0.29, 0.717) is 15.7 Å². The number of imide groups is 1. The van der Waals surface area contributed by atoms with Gasteiger partial charge in [0.15, 0.2) is 0 Å². The van der Waals surface area contributed by atoms with Crippen LogP contribution in [0.2, 0.25) is 0 Å². The molecule has 0 radical (unpaired) electrons. The molecule has 2 aliphatic heterocycles. The minimum Gasteiger partial charge on any atom is -0.349 e. The number of amides is 2. The first-order valence-corrected chi connectivity index (χ1v) is 12.2. The largest absolute Gasteiger partial charge is 0.349 e. The molecule has 34 heavy (non-hydrogen) atoms. The quantitative estimate of drug-likeness (QED) is 0.318. The number of nitrogens with zero attached hydrogens (tertiary/aromatic N) is 1. The molecule has 0 bridgehead atoms. The van der Waals surface area contributed by atoms with Gasteiger partial charge in [-0.05, 0) is 45.8 Å². The molecule has 0 N–H and O–H groups in total. The minimum absolute atomic E-state index is 0.210. The highest BCUT2D eigenvalue weighted by Gasteiger charge is 2.74. The number of ether oxygens (including phenoxy) is 1. The van der Waals surface area contributed by atoms with E-state index in [1.807, 2.05) is 0 Å². The molecule has 6 nitrogen and oxygen atoms in total. The Bertz CT molecular complexity index is 1380. The van der Waals surface area contributed by atoms with Gasteiger partial charge in [0.05, 0.1) is 23.6 Å². The number of para-hydroxylation sites is 1. The normalized spacial score (nSPS) is 24.8. The molecule has 0 aromatic heterocycles. The van der Waals surface area contributed by atoms with Gasteiger partial charge in [-0.1, -0.05) is 64.5 Å². The van der Waals surface area contributed by atoms with Gasteiger partial charge in [-0.15, -0.1) is 0 Å². The van der Waals surface area contributed by atoms with E-state index in [-0.39, 0.29) is 11.1 Å². The molecule has 6 rings (SSSR count). The first-order valence-electron chi connectivity index (χ1n) is 10.6. The lowest BCUT2D eigenvalue weighted by Gasteiger charge is -2.27. The maximum absolute atomic E-state index is 13.9. The Morgan fingerprint density at radius 3 is 1.94 bits per heavy atom. The maximum Gasteiger partial charge on any atom is 0.241 e. The predicted molar refractivity (Wildman–Crippen MR) is 129 cm³/mol. The fourth-order valence-corrected chi connectivity index (χ4v) is 6.07. The summed E-state index contributed by atoms with van der Waals surface area (Å²) < 4.78 is 7.65. The maximum atomic E-state index is 13.9. The molecule has 1 aliphatic carbocycles. The third kappa shape index (κ3) is 2.70. The molecule has 1 spiro atoms. The zero-order valence-corrected chi connectivity index (χ0v) is 20.6. The third-order valence-electron chi connectivity index (χ3n) is 6.81. The molecule has 3 atom stereocenters. The molecule has 168 valence electrons. The number of benzene rings is 3. The lowest BCUT2D eigenvalue weighted by molar-refractivity contribution is -0.127. The number of Topliss-reactive ketones (excluding diaryl/α,β-unsaturated/α-hetero) is 2. The zero-order valence-electron chi connectivity index (χ0n) is 17.4. The second kappa shape index (κ2) is 7.53. The van der Waals surface area contributed by atoms with Crippen LogP contribution in [0.4, 0.5) is 5.69 Å². The van der Waals surface area contributed by atoms with Gasteiger partial charge in [0.1, 0.15) is 0 Å². The fourth-order valence-electron chi connectivity index (χ4n) is 5.34. The van der Waals surface area contributed by atoms with Crippen LogP contribution >= 0.6 is 31.9 Å². The van der Waals surface area contributed by atoms with Gasteiger partial charge < -0.3 is 4.74 Å². The van der Waals surface area contributed by atoms with Crippen LogP contribution < -0.4 is 4.90 Å². The molecule has 3 aromatic rings. The SMILES string of the molecule is O=C1[C@H]2[C@H](c3ccc(Br)cc3)OC3(C(=O)c4ccccc4C3=O)[C@H]2C(=O)N1c1ccccc1Br. The van der Waals surface area contributed by atoms with Crippen LogP contribution in [0.5, 0.6) is 0 Å². The zero-order chi connectivity index (χ0) is 23.8. The van der Waals surface area contributed by atoms with Crippen LogP contribution in [-0.2, 0) is 14.3 Å². The Morgan fingerprint density at radius 1 is 0.735 bits per heavy atom. The number of fused-ring (bicyclic) bond motifs is 3. The molecule has 0 unspecified atom stereocenters. The summed E-state index contributed by atoms with van der Waals surface area (Å²) in [6.07, 6.45) is -0.941. The van der Waals surface area contributed by atoms with Crippen molar-refractivity contribution in [2.75, 3.05) is 4.90 Å². The van der Waals surface area contributed by atoms with E-state index in [0.717, 1.165) is 9.37 Å². The molecule has 2 amide bonds. The van der Waals surface area contributed by atoms with Crippen molar-refractivity contribution in [3.05, 3.63) is 98.4 Å². The van der Waals surface area contributed by atoms with Crippen LogP contribution in [0.25, 0.3) is 0 Å². The van der Waals surface area contributed by atoms with Crippen molar-refractivity contribution in [3.63, 3.8) is 0 Å². The number of ketones is 2. The highest BCUT2D eigenvalue weighted by Crippen LogP contribution is 2.58. The molecule has 3 aliphatic rings. The Balaban J connectivity index is 1.56. The number of carbonyl (C=O) groups is 4. The number of anilines is 1. The van der Waals surface area contributed by atoms with Crippen molar-refractivity contribution in [2.24, 2.45) is 11.8 Å². The van der Waals surface area contributed by atoms with Gasteiger partial charge in [-0.2, -0.15) is 0 Å². The van der Waals surface area contributed by atoms with Crippen molar-refractivity contribution in [1.82, 2.24) is 0 Å². The van der Waals surface area contributed by atoms with Gasteiger partial charge in [0.25, 0.3) is 0 Å². The summed E-state index contributed by atoms with van der Waals surface area (Å²) in [4.78, 5) is 56.2. The Morgan fingerprint density at radius 2 is 1.32 bits per heavy atom. The first-order chi connectivity index (χ1) is 16.4. The standard InChI is InChI=1S/C26H15Br2NO5/c27-14-11-9-13(10-12-14)21-19-20(25(33)29(24(19)32)18-8-4-3-7-17(18)28)26(34-21)22(30)15-5-1-2-6-16(15)23(26)31/h1-12,19-21H/t19-,20-,21+/m1/s1. The van der Waals surface area contributed by atoms with Crippen molar-refractivity contribution < 1.29 is 23.9 Å². The smallest absolute Gasteiger partial charge is 0.241 e. The monoisotopic (exact) mass is 579 g/mol. The predicted octanol–water partition coefficient (Wildman–Crippen LogP) is 4.91. The average molecular weight is 581 g/mol. The van der Waals surface area contributed by atoms with Gasteiger partial charge in [-0.3, -0.25) is 19.2 Å². The molecule has 0 saturated carbocycles. The molecular weight excluding hydrogens is 566 g/mol. The van der Waals surface area contributed by atoms with E-state index in [2.05, 4.69) is 31.9 Å². The molecular formula is C26H15Br2NO5. The van der Waals surface area contributed by atoms with Crippen LogP contribution in [0.3, 0.4) is 0 Å². The Kier molecular flexibility index (Phi) is 4.78. The molecule has 2 saturated heterocycles. The van der Waals surface area contributed by atoms with Crippen LogP contribution in [-0.4, -0.2) is 29.0 Å². The number of carbonyl (C=O) groups excluding carboxylic acids is 4. The van der Waals surface area contributed by atoms with Crippen molar-refractivity contribution in [1.29, 1.82) is 0 Å². The Labute approximate surface area is 211 Å². The lowest BCUT2D eigenvalue weighted by Crippen LogP contribution is -2.51. The van der Waals surface area contributed by atoms with Gasteiger partial charge in [0, 0.05) is 20.1 Å². The molecule has 8 heteroatoms. The number of halogens is 2. The van der Waals surface area contributed by atoms with Gasteiger partial charge in [-0.25, -0.2) is 4.90 Å². The summed E-state index contributed by atoms with van der Waals surface area (Å²) >= 11 is 6.81. The topological polar surface area (TPSA) is 80.8 Å². The van der Waals surface area contributed by atoms with Crippen molar-refractivity contribution in [3.8, 4) is 0 Å². The van der Waals surface area contributed by atoms with E-state index in [4.69, 9.17) is 4.74 Å². The first kappa shape index (κ1) is 21.6. The van der Waals surface area contributed by atoms with Gasteiger partial charge in [0.2, 0.25) is 29.0 Å². The average Bonchev–Trinajstić information content (AvgIpc) is 3.40. The van der Waals surface area contributed by atoms with Crippen LogP contribution in [0.15, 0.2) is 81.7 Å². The summed E-state index contributed by atoms with van der Waals surface area (Å²) in [5, 5.41) is 0. The van der Waals surface area contributed by atoms with Crippen molar-refractivity contribution >= 4 is 60.9 Å². The Hall–Kier alpha value is -2.94. The van der Waals surface area contributed by atoms with Gasteiger partial charge >= 0.3 is 0 Å². The van der Waals surface area contributed by atoms with Crippen molar-refractivity contribution in [2.45, 2.75) is 11.7 Å². The van der Waals surface area contributed by atoms with E-state index in [9.17, 15) is 19.2 Å². The number of hydrogen-bond donors (Lipinski definition) is 0. The highest BCUT2D eigenvalue weighted by molar-refractivity contribution is 9.10. The van der Waals surface area contributed by atoms with E-state index >= 15 is 0 Å². The minimum atomic E-state index is -2.07. The number of hydrogen-bond acceptors (Lipinski definition) is 5. The summed E-state index contributed by atoms with van der Waals surface area (Å²) in [6.45, 7) is 0. The van der Waals surface area contributed by atoms with E-state index in [1.54, 1.807) is 72.8 Å². The highest BCUT2D eigenvalue weighted by atomic mass is 79.9. The molecule has 2 heterocycles. The number of rotatable bonds is 2. The fraction of sp³-hybridized carbons (Fsp3) is 0.154. The molecule has 3 aromatic carbocycles. The van der Waals surface area contributed by atoms with E-state index in [1.165, 1.54) is 0 Å². The summed E-state index contributed by atoms with van der Waals surface area (Å²) in [5.74, 6) is -4.55. The lowest BCUT2D eigenvalue weighted by atomic mass is 9.77. The summed E-state index contributed by atoms with van der Waals surface area (Å²) in [5.41, 5.74) is -0.673. The van der Waals surface area contributed by atoms with E-state index < -0.39 is 46.9 Å². The summed E-state index contributed by atoms with van der Waals surface area (Å²) in [7, 11) is 0. The molecule has 2 fully saturated rings. The second-order valence-corrected chi connectivity index (χ2v) is 10.3. The third-order valence-corrected chi connectivity index (χ3v) is 8.01. The second-order valence-electron chi connectivity index (χ2n) is 8.50.